The molecule has 5 heteroatoms. The molecule has 0 atom stereocenters. The number of nitrogens with one attached hydrogen (secondary N) is 1. The van der Waals surface area contributed by atoms with Crippen LogP contribution in [0.15, 0.2) is 24.3 Å². The van der Waals surface area contributed by atoms with Crippen LogP contribution in [-0.2, 0) is 11.2 Å². The Labute approximate surface area is 114 Å². The highest BCUT2D eigenvalue weighted by Gasteiger charge is 2.12. The maximum absolute atomic E-state index is 12.1. The Morgan fingerprint density at radius 2 is 2.21 bits per heavy atom. The first-order valence-electron chi connectivity index (χ1n) is 6.46. The van der Waals surface area contributed by atoms with Gasteiger partial charge in [-0.3, -0.25) is 0 Å². The van der Waals surface area contributed by atoms with E-state index < -0.39 is 0 Å². The van der Waals surface area contributed by atoms with Crippen molar-refractivity contribution in [3.8, 4) is 0 Å². The number of methoxy groups -OCH3 is 1. The van der Waals surface area contributed by atoms with Crippen molar-refractivity contribution in [3.05, 3.63) is 29.8 Å². The number of ether oxygens (including phenoxy) is 1. The Bertz CT molecular complexity index is 396. The van der Waals surface area contributed by atoms with Gasteiger partial charge in [-0.25, -0.2) is 4.79 Å². The number of hydrogen-bond donors (Lipinski definition) is 2. The second-order valence-electron chi connectivity index (χ2n) is 4.19. The molecule has 2 amide bonds. The minimum Gasteiger partial charge on any atom is -0.395 e. The van der Waals surface area contributed by atoms with Gasteiger partial charge >= 0.3 is 6.03 Å². The Morgan fingerprint density at radius 3 is 2.84 bits per heavy atom. The van der Waals surface area contributed by atoms with Crippen LogP contribution >= 0.6 is 0 Å². The van der Waals surface area contributed by atoms with E-state index in [-0.39, 0.29) is 12.6 Å². The average Bonchev–Trinajstić information content (AvgIpc) is 2.43. The lowest BCUT2D eigenvalue weighted by molar-refractivity contribution is 0.142. The van der Waals surface area contributed by atoms with Gasteiger partial charge in [0.05, 0.1) is 13.2 Å². The number of nitrogens with zero attached hydrogens (tertiary/aromatic N) is 1. The summed E-state index contributed by atoms with van der Waals surface area (Å²) in [6.45, 7) is 3.20. The third kappa shape index (κ3) is 5.28. The molecule has 0 heterocycles. The van der Waals surface area contributed by atoms with Crippen LogP contribution in [-0.4, -0.2) is 49.5 Å². The molecule has 0 unspecified atom stereocenters. The molecule has 0 fully saturated rings. The van der Waals surface area contributed by atoms with Crippen molar-refractivity contribution < 1.29 is 14.6 Å². The molecule has 0 radical (unpaired) electrons. The molecular formula is C14H22N2O3. The third-order valence-corrected chi connectivity index (χ3v) is 2.81. The van der Waals surface area contributed by atoms with Crippen LogP contribution in [0.5, 0.6) is 0 Å². The lowest BCUT2D eigenvalue weighted by Crippen LogP contribution is -2.39. The van der Waals surface area contributed by atoms with E-state index in [1.807, 2.05) is 24.3 Å². The van der Waals surface area contributed by atoms with Crippen LogP contribution in [0.4, 0.5) is 10.5 Å². The molecule has 0 aliphatic heterocycles. The molecule has 0 saturated carbocycles. The van der Waals surface area contributed by atoms with Gasteiger partial charge in [0.25, 0.3) is 0 Å². The molecule has 5 nitrogen and oxygen atoms in total. The highest BCUT2D eigenvalue weighted by molar-refractivity contribution is 5.89. The van der Waals surface area contributed by atoms with Crippen LogP contribution in [0.1, 0.15) is 12.5 Å². The molecular weight excluding hydrogens is 244 g/mol. The highest BCUT2D eigenvalue weighted by Crippen LogP contribution is 2.11. The quantitative estimate of drug-likeness (QED) is 0.790. The molecule has 1 aromatic rings. The molecule has 106 valence electrons. The molecule has 19 heavy (non-hydrogen) atoms. The topological polar surface area (TPSA) is 61.8 Å². The maximum Gasteiger partial charge on any atom is 0.321 e. The van der Waals surface area contributed by atoms with Crippen molar-refractivity contribution in [1.82, 2.24) is 4.90 Å². The third-order valence-electron chi connectivity index (χ3n) is 2.81. The van der Waals surface area contributed by atoms with E-state index in [0.717, 1.165) is 12.1 Å². The molecule has 1 rings (SSSR count). The van der Waals surface area contributed by atoms with E-state index in [4.69, 9.17) is 9.84 Å². The predicted octanol–water partition coefficient (Wildman–Crippen LogP) is 1.72. The van der Waals surface area contributed by atoms with E-state index >= 15 is 0 Å². The minimum atomic E-state index is -0.223. The molecule has 0 aliphatic rings. The smallest absolute Gasteiger partial charge is 0.321 e. The standard InChI is InChI=1S/C14H22N2O3/c1-3-12-5-4-6-13(11-12)15-14(18)16(7-9-17)8-10-19-2/h4-6,11,17H,3,7-10H2,1-2H3,(H,15,18). The second-order valence-corrected chi connectivity index (χ2v) is 4.19. The minimum absolute atomic E-state index is 0.0634. The number of carbonyl (C=O) groups is 1. The molecule has 0 aromatic heterocycles. The van der Waals surface area contributed by atoms with Gasteiger partial charge in [0.2, 0.25) is 0 Å². The number of benzene rings is 1. The number of aliphatic hydroxyl groups is 1. The van der Waals surface area contributed by atoms with Crippen molar-refractivity contribution in [1.29, 1.82) is 0 Å². The van der Waals surface area contributed by atoms with Gasteiger partial charge in [0, 0.05) is 25.9 Å². The van der Waals surface area contributed by atoms with Crippen molar-refractivity contribution >= 4 is 11.7 Å². The summed E-state index contributed by atoms with van der Waals surface area (Å²) in [5.41, 5.74) is 1.94. The van der Waals surface area contributed by atoms with Gasteiger partial charge in [0.15, 0.2) is 0 Å². The Hall–Kier alpha value is -1.59. The highest BCUT2D eigenvalue weighted by atomic mass is 16.5. The molecule has 0 bridgehead atoms. The fourth-order valence-corrected chi connectivity index (χ4v) is 1.71. The van der Waals surface area contributed by atoms with Crippen LogP contribution in [0.3, 0.4) is 0 Å². The van der Waals surface area contributed by atoms with E-state index in [0.29, 0.717) is 19.7 Å². The lowest BCUT2D eigenvalue weighted by Gasteiger charge is -2.21. The summed E-state index contributed by atoms with van der Waals surface area (Å²) in [5, 5.41) is 11.8. The summed E-state index contributed by atoms with van der Waals surface area (Å²) in [6.07, 6.45) is 0.924. The Morgan fingerprint density at radius 1 is 1.42 bits per heavy atom. The van der Waals surface area contributed by atoms with Gasteiger partial charge in [0.1, 0.15) is 0 Å². The molecule has 2 N–H and O–H groups in total. The van der Waals surface area contributed by atoms with Crippen molar-refractivity contribution in [2.45, 2.75) is 13.3 Å². The number of aliphatic hydroxyl groups excluding tert-OH is 1. The largest absolute Gasteiger partial charge is 0.395 e. The fraction of sp³-hybridized carbons (Fsp3) is 0.500. The Kier molecular flexibility index (Phi) is 6.92. The van der Waals surface area contributed by atoms with Gasteiger partial charge in [-0.1, -0.05) is 19.1 Å². The van der Waals surface area contributed by atoms with Gasteiger partial charge in [-0.05, 0) is 24.1 Å². The average molecular weight is 266 g/mol. The summed E-state index contributed by atoms with van der Waals surface area (Å²) < 4.78 is 4.95. The van der Waals surface area contributed by atoms with Crippen molar-refractivity contribution in [3.63, 3.8) is 0 Å². The van der Waals surface area contributed by atoms with E-state index in [1.54, 1.807) is 7.11 Å². The van der Waals surface area contributed by atoms with E-state index in [9.17, 15) is 4.79 Å². The van der Waals surface area contributed by atoms with E-state index in [1.165, 1.54) is 10.5 Å². The zero-order valence-corrected chi connectivity index (χ0v) is 11.6. The van der Waals surface area contributed by atoms with Gasteiger partial charge < -0.3 is 20.1 Å². The zero-order valence-electron chi connectivity index (χ0n) is 11.6. The monoisotopic (exact) mass is 266 g/mol. The van der Waals surface area contributed by atoms with Crippen molar-refractivity contribution in [2.24, 2.45) is 0 Å². The first-order valence-corrected chi connectivity index (χ1v) is 6.46. The van der Waals surface area contributed by atoms with E-state index in [2.05, 4.69) is 12.2 Å². The van der Waals surface area contributed by atoms with Gasteiger partial charge in [-0.2, -0.15) is 0 Å². The molecule has 0 spiro atoms. The summed E-state index contributed by atoms with van der Waals surface area (Å²) in [5.74, 6) is 0. The first kappa shape index (κ1) is 15.5. The molecule has 1 aromatic carbocycles. The number of carbonyl (C=O) groups excluding carboxylic acids is 1. The number of aryl methyl sites for hydroxylation is 1. The predicted molar refractivity (Wildman–Crippen MR) is 75.4 cm³/mol. The molecule has 0 aliphatic carbocycles. The first-order chi connectivity index (χ1) is 9.21. The normalized spacial score (nSPS) is 10.3. The fourth-order valence-electron chi connectivity index (χ4n) is 1.71. The number of urea groups is 1. The van der Waals surface area contributed by atoms with Gasteiger partial charge in [-0.15, -0.1) is 0 Å². The number of anilines is 1. The summed E-state index contributed by atoms with van der Waals surface area (Å²) in [4.78, 5) is 13.6. The second kappa shape index (κ2) is 8.50. The molecule has 0 saturated heterocycles. The number of rotatable bonds is 7. The lowest BCUT2D eigenvalue weighted by atomic mass is 10.1. The summed E-state index contributed by atoms with van der Waals surface area (Å²) in [6, 6.07) is 7.52. The van der Waals surface area contributed by atoms with Crippen LogP contribution in [0, 0.1) is 0 Å². The maximum atomic E-state index is 12.1. The zero-order chi connectivity index (χ0) is 14.1. The summed E-state index contributed by atoms with van der Waals surface area (Å²) in [7, 11) is 1.58. The Balaban J connectivity index is 2.63. The summed E-state index contributed by atoms with van der Waals surface area (Å²) >= 11 is 0. The number of hydrogen-bond acceptors (Lipinski definition) is 3. The number of amides is 2. The van der Waals surface area contributed by atoms with Crippen LogP contribution in [0.25, 0.3) is 0 Å². The van der Waals surface area contributed by atoms with Crippen molar-refractivity contribution in [2.75, 3.05) is 38.7 Å². The SMILES string of the molecule is CCc1cccc(NC(=O)N(CCO)CCOC)c1. The van der Waals surface area contributed by atoms with Crippen LogP contribution < -0.4 is 5.32 Å². The van der Waals surface area contributed by atoms with Crippen LogP contribution in [0.2, 0.25) is 0 Å².